The van der Waals surface area contributed by atoms with Gasteiger partial charge in [0.2, 0.25) is 0 Å². The van der Waals surface area contributed by atoms with Crippen LogP contribution < -0.4 is 4.74 Å². The van der Waals surface area contributed by atoms with Crippen molar-refractivity contribution in [3.05, 3.63) is 58.3 Å². The lowest BCUT2D eigenvalue weighted by atomic mass is 10.2. The molecule has 0 aliphatic rings. The van der Waals surface area contributed by atoms with Crippen LogP contribution in [0.25, 0.3) is 0 Å². The average molecular weight is 316 g/mol. The minimum Gasteiger partial charge on any atom is -0.456 e. The number of ether oxygens (including phenoxy) is 1. The summed E-state index contributed by atoms with van der Waals surface area (Å²) >= 11 is 9.08. The first-order valence-corrected chi connectivity index (χ1v) is 6.31. The number of halogens is 3. The highest BCUT2D eigenvalue weighted by molar-refractivity contribution is 9.10. The lowest BCUT2D eigenvalue weighted by Crippen LogP contribution is -1.93. The van der Waals surface area contributed by atoms with Gasteiger partial charge in [0.15, 0.2) is 0 Å². The van der Waals surface area contributed by atoms with E-state index in [0.717, 1.165) is 4.47 Å². The predicted octanol–water partition coefficient (Wildman–Crippen LogP) is 5.12. The van der Waals surface area contributed by atoms with Gasteiger partial charge in [0.25, 0.3) is 0 Å². The summed E-state index contributed by atoms with van der Waals surface area (Å²) in [6, 6.07) is 12.0. The second-order valence-electron chi connectivity index (χ2n) is 3.38. The second kappa shape index (κ2) is 5.52. The number of rotatable bonds is 3. The smallest absolute Gasteiger partial charge is 0.141 e. The minimum absolute atomic E-state index is 0.0759. The van der Waals surface area contributed by atoms with Gasteiger partial charge >= 0.3 is 0 Å². The Morgan fingerprint density at radius 3 is 2.47 bits per heavy atom. The monoisotopic (exact) mass is 314 g/mol. The van der Waals surface area contributed by atoms with E-state index in [0.29, 0.717) is 17.1 Å². The molecule has 2 aromatic rings. The summed E-state index contributed by atoms with van der Waals surface area (Å²) in [4.78, 5) is 0. The van der Waals surface area contributed by atoms with Crippen LogP contribution >= 0.6 is 27.5 Å². The van der Waals surface area contributed by atoms with Crippen molar-refractivity contribution in [2.75, 3.05) is 0 Å². The number of para-hydroxylation sites is 1. The number of benzene rings is 2. The summed E-state index contributed by atoms with van der Waals surface area (Å²) in [5, 5.41) is 0. The fourth-order valence-electron chi connectivity index (χ4n) is 1.41. The Labute approximate surface area is 112 Å². The van der Waals surface area contributed by atoms with Gasteiger partial charge < -0.3 is 4.74 Å². The van der Waals surface area contributed by atoms with Gasteiger partial charge in [-0.1, -0.05) is 18.2 Å². The van der Waals surface area contributed by atoms with Gasteiger partial charge in [0.1, 0.15) is 17.3 Å². The van der Waals surface area contributed by atoms with Gasteiger partial charge in [-0.25, -0.2) is 4.39 Å². The summed E-state index contributed by atoms with van der Waals surface area (Å²) < 4.78 is 19.9. The third-order valence-corrected chi connectivity index (χ3v) is 3.19. The molecule has 0 N–H and O–H groups in total. The first-order valence-electron chi connectivity index (χ1n) is 4.98. The maximum absolute atomic E-state index is 13.5. The molecule has 2 rings (SSSR count). The molecule has 0 atom stereocenters. The highest BCUT2D eigenvalue weighted by atomic mass is 79.9. The van der Waals surface area contributed by atoms with E-state index in [1.165, 1.54) is 6.07 Å². The highest BCUT2D eigenvalue weighted by Gasteiger charge is 2.10. The van der Waals surface area contributed by atoms with Crippen molar-refractivity contribution >= 4 is 27.5 Å². The molecule has 0 spiro atoms. The van der Waals surface area contributed by atoms with Crippen LogP contribution in [0.5, 0.6) is 11.5 Å². The quantitative estimate of drug-likeness (QED) is 0.714. The Kier molecular flexibility index (Phi) is 4.02. The molecule has 0 aromatic heterocycles. The predicted molar refractivity (Wildman–Crippen MR) is 70.2 cm³/mol. The Bertz CT molecular complexity index is 531. The van der Waals surface area contributed by atoms with E-state index in [1.807, 2.05) is 18.2 Å². The van der Waals surface area contributed by atoms with E-state index in [2.05, 4.69) is 15.9 Å². The van der Waals surface area contributed by atoms with Gasteiger partial charge in [-0.15, -0.1) is 11.6 Å². The summed E-state index contributed by atoms with van der Waals surface area (Å²) in [6.45, 7) is 0. The molecule has 2 aromatic carbocycles. The molecule has 88 valence electrons. The van der Waals surface area contributed by atoms with Crippen LogP contribution in [0, 0.1) is 5.82 Å². The summed E-state index contributed by atoms with van der Waals surface area (Å²) in [5.74, 6) is 0.785. The van der Waals surface area contributed by atoms with Crippen LogP contribution in [0.15, 0.2) is 46.9 Å². The molecule has 0 radical (unpaired) electrons. The van der Waals surface area contributed by atoms with Crippen LogP contribution in [0.2, 0.25) is 0 Å². The van der Waals surface area contributed by atoms with Crippen LogP contribution in [0.4, 0.5) is 4.39 Å². The van der Waals surface area contributed by atoms with E-state index in [4.69, 9.17) is 16.3 Å². The maximum Gasteiger partial charge on any atom is 0.141 e. The molecule has 0 bridgehead atoms. The first-order chi connectivity index (χ1) is 8.22. The summed E-state index contributed by atoms with van der Waals surface area (Å²) in [7, 11) is 0. The van der Waals surface area contributed by atoms with Crippen LogP contribution in [0.3, 0.4) is 0 Å². The maximum atomic E-state index is 13.5. The topological polar surface area (TPSA) is 9.23 Å². The van der Waals surface area contributed by atoms with Gasteiger partial charge in [-0.3, -0.25) is 0 Å². The van der Waals surface area contributed by atoms with Crippen LogP contribution in [0.1, 0.15) is 5.56 Å². The SMILES string of the molecule is Fc1cccc(Oc2ccccc2Br)c1CCl. The summed E-state index contributed by atoms with van der Waals surface area (Å²) in [6.07, 6.45) is 0. The molecule has 0 amide bonds. The van der Waals surface area contributed by atoms with Crippen LogP contribution in [-0.2, 0) is 5.88 Å². The van der Waals surface area contributed by atoms with Gasteiger partial charge in [0, 0.05) is 5.56 Å². The van der Waals surface area contributed by atoms with Crippen LogP contribution in [-0.4, -0.2) is 0 Å². The molecule has 0 saturated carbocycles. The van der Waals surface area contributed by atoms with Crippen molar-refractivity contribution in [1.82, 2.24) is 0 Å². The van der Waals surface area contributed by atoms with Gasteiger partial charge in [-0.2, -0.15) is 0 Å². The molecule has 0 saturated heterocycles. The van der Waals surface area contributed by atoms with Crippen molar-refractivity contribution in [2.24, 2.45) is 0 Å². The zero-order valence-electron chi connectivity index (χ0n) is 8.79. The molecule has 0 aliphatic carbocycles. The number of hydrogen-bond acceptors (Lipinski definition) is 1. The molecule has 17 heavy (non-hydrogen) atoms. The molecular formula is C13H9BrClFO. The Morgan fingerprint density at radius 1 is 1.06 bits per heavy atom. The third-order valence-electron chi connectivity index (χ3n) is 2.27. The van der Waals surface area contributed by atoms with Crippen molar-refractivity contribution < 1.29 is 9.13 Å². The van der Waals surface area contributed by atoms with E-state index >= 15 is 0 Å². The normalized spacial score (nSPS) is 10.3. The molecule has 0 fully saturated rings. The van der Waals surface area contributed by atoms with Crippen molar-refractivity contribution in [2.45, 2.75) is 5.88 Å². The lowest BCUT2D eigenvalue weighted by molar-refractivity contribution is 0.467. The molecule has 4 heteroatoms. The Morgan fingerprint density at radius 2 is 1.76 bits per heavy atom. The lowest BCUT2D eigenvalue weighted by Gasteiger charge is -2.11. The summed E-state index contributed by atoms with van der Waals surface area (Å²) in [5.41, 5.74) is 0.366. The molecular weight excluding hydrogens is 306 g/mol. The molecule has 1 nitrogen and oxygen atoms in total. The fraction of sp³-hybridized carbons (Fsp3) is 0.0769. The molecule has 0 aliphatic heterocycles. The Hall–Kier alpha value is -1.06. The van der Waals surface area contributed by atoms with E-state index < -0.39 is 0 Å². The van der Waals surface area contributed by atoms with Crippen molar-refractivity contribution in [3.63, 3.8) is 0 Å². The highest BCUT2D eigenvalue weighted by Crippen LogP contribution is 2.32. The van der Waals surface area contributed by atoms with Gasteiger partial charge in [-0.05, 0) is 40.2 Å². The standard InChI is InChI=1S/C13H9BrClFO/c14-10-4-1-2-6-13(10)17-12-7-3-5-11(16)9(12)8-15/h1-7H,8H2. The minimum atomic E-state index is -0.357. The zero-order valence-corrected chi connectivity index (χ0v) is 11.1. The van der Waals surface area contributed by atoms with Crippen molar-refractivity contribution in [1.29, 1.82) is 0 Å². The van der Waals surface area contributed by atoms with E-state index in [1.54, 1.807) is 18.2 Å². The largest absolute Gasteiger partial charge is 0.456 e. The zero-order chi connectivity index (χ0) is 12.3. The third kappa shape index (κ3) is 2.79. The van der Waals surface area contributed by atoms with Gasteiger partial charge in [0.05, 0.1) is 10.4 Å². The van der Waals surface area contributed by atoms with E-state index in [-0.39, 0.29) is 11.7 Å². The Balaban J connectivity index is 2.37. The average Bonchev–Trinajstić information content (AvgIpc) is 2.32. The second-order valence-corrected chi connectivity index (χ2v) is 4.50. The molecule has 0 heterocycles. The molecule has 0 unspecified atom stereocenters. The van der Waals surface area contributed by atoms with E-state index in [9.17, 15) is 4.39 Å². The first kappa shape index (κ1) is 12.4. The van der Waals surface area contributed by atoms with Crippen molar-refractivity contribution in [3.8, 4) is 11.5 Å². The fourth-order valence-corrected chi connectivity index (χ4v) is 2.04. The number of alkyl halides is 1. The number of hydrogen-bond donors (Lipinski definition) is 0.